The maximum absolute atomic E-state index is 11.1. The Morgan fingerprint density at radius 1 is 1.47 bits per heavy atom. The first-order valence-electron chi connectivity index (χ1n) is 6.92. The van der Waals surface area contributed by atoms with Crippen LogP contribution in [-0.4, -0.2) is 47.1 Å². The first-order valence-corrected chi connectivity index (χ1v) is 7.74. The van der Waals surface area contributed by atoms with Crippen molar-refractivity contribution in [1.82, 2.24) is 9.88 Å². The predicted octanol–water partition coefficient (Wildman–Crippen LogP) is 1.77. The number of carboxylic acids is 1. The number of anilines is 1. The van der Waals surface area contributed by atoms with Gasteiger partial charge in [-0.3, -0.25) is 4.79 Å². The molecule has 1 saturated heterocycles. The molecule has 0 bridgehead atoms. The highest BCUT2D eigenvalue weighted by molar-refractivity contribution is 7.15. The average Bonchev–Trinajstić information content (AvgIpc) is 3.03. The van der Waals surface area contributed by atoms with Crippen LogP contribution in [0.3, 0.4) is 0 Å². The summed E-state index contributed by atoms with van der Waals surface area (Å²) in [6.45, 7) is 4.35. The monoisotopic (exact) mass is 281 g/mol. The summed E-state index contributed by atoms with van der Waals surface area (Å²) >= 11 is 1.62. The highest BCUT2D eigenvalue weighted by atomic mass is 32.1. The van der Waals surface area contributed by atoms with Crippen LogP contribution in [0.4, 0.5) is 5.13 Å². The third-order valence-electron chi connectivity index (χ3n) is 3.92. The first-order chi connectivity index (χ1) is 9.24. The highest BCUT2D eigenvalue weighted by Crippen LogP contribution is 2.38. The van der Waals surface area contributed by atoms with Crippen LogP contribution in [0.2, 0.25) is 0 Å². The fourth-order valence-corrected chi connectivity index (χ4v) is 3.93. The van der Waals surface area contributed by atoms with Crippen molar-refractivity contribution in [1.29, 1.82) is 0 Å². The minimum absolute atomic E-state index is 0.389. The molecule has 1 aromatic heterocycles. The number of thiazole rings is 1. The van der Waals surface area contributed by atoms with E-state index in [9.17, 15) is 4.79 Å². The Hall–Kier alpha value is -1.14. The van der Waals surface area contributed by atoms with Gasteiger partial charge in [0.05, 0.1) is 5.69 Å². The van der Waals surface area contributed by atoms with Gasteiger partial charge in [0.25, 0.3) is 0 Å². The number of carboxylic acid groups (broad SMARTS) is 1. The molecule has 1 aliphatic heterocycles. The predicted molar refractivity (Wildman–Crippen MR) is 75.0 cm³/mol. The molecule has 19 heavy (non-hydrogen) atoms. The Morgan fingerprint density at radius 3 is 3.00 bits per heavy atom. The van der Waals surface area contributed by atoms with E-state index >= 15 is 0 Å². The van der Waals surface area contributed by atoms with E-state index in [4.69, 9.17) is 5.11 Å². The number of likely N-dealkylation sites (tertiary alicyclic amines) is 1. The summed E-state index contributed by atoms with van der Waals surface area (Å²) in [4.78, 5) is 19.2. The molecule has 3 rings (SSSR count). The van der Waals surface area contributed by atoms with Gasteiger partial charge < -0.3 is 15.3 Å². The number of aryl methyl sites for hydroxylation is 1. The summed E-state index contributed by atoms with van der Waals surface area (Å²) < 4.78 is 0. The highest BCUT2D eigenvalue weighted by Gasteiger charge is 2.32. The normalized spacial score (nSPS) is 22.6. The molecule has 1 unspecified atom stereocenters. The van der Waals surface area contributed by atoms with E-state index in [1.165, 1.54) is 25.9 Å². The minimum atomic E-state index is -0.743. The van der Waals surface area contributed by atoms with Gasteiger partial charge in [-0.15, -0.1) is 11.3 Å². The Bertz CT molecular complexity index is 468. The number of fused-ring (bicyclic) bond motifs is 1. The largest absolute Gasteiger partial charge is 0.481 e. The maximum atomic E-state index is 11.1. The second-order valence-electron chi connectivity index (χ2n) is 5.23. The first kappa shape index (κ1) is 12.9. The van der Waals surface area contributed by atoms with Crippen molar-refractivity contribution in [3.8, 4) is 0 Å². The number of rotatable bonds is 5. The zero-order valence-electron chi connectivity index (χ0n) is 10.9. The molecule has 0 radical (unpaired) electrons. The molecule has 1 atom stereocenters. The maximum Gasteiger partial charge on any atom is 0.312 e. The van der Waals surface area contributed by atoms with Crippen molar-refractivity contribution < 1.29 is 9.90 Å². The van der Waals surface area contributed by atoms with Gasteiger partial charge in [-0.1, -0.05) is 0 Å². The lowest BCUT2D eigenvalue weighted by Gasteiger charge is -2.14. The molecule has 6 heteroatoms. The molecular formula is C13H19N3O2S. The number of nitrogens with one attached hydrogen (secondary N) is 1. The van der Waals surface area contributed by atoms with E-state index in [1.54, 1.807) is 11.3 Å². The van der Waals surface area contributed by atoms with Crippen LogP contribution in [0.5, 0.6) is 0 Å². The molecule has 5 nitrogen and oxygen atoms in total. The summed E-state index contributed by atoms with van der Waals surface area (Å²) in [7, 11) is 0. The molecule has 1 aromatic rings. The van der Waals surface area contributed by atoms with Crippen LogP contribution in [0.15, 0.2) is 0 Å². The summed E-state index contributed by atoms with van der Waals surface area (Å²) in [5.74, 6) is -1.13. The van der Waals surface area contributed by atoms with E-state index in [-0.39, 0.29) is 5.92 Å². The van der Waals surface area contributed by atoms with Crippen molar-refractivity contribution in [3.05, 3.63) is 10.6 Å². The smallest absolute Gasteiger partial charge is 0.312 e. The molecule has 2 heterocycles. The molecule has 104 valence electrons. The third-order valence-corrected chi connectivity index (χ3v) is 5.01. The number of carbonyl (C=O) groups is 1. The molecule has 0 amide bonds. The van der Waals surface area contributed by atoms with Crippen LogP contribution < -0.4 is 5.32 Å². The zero-order valence-corrected chi connectivity index (χ0v) is 11.7. The van der Waals surface area contributed by atoms with Crippen LogP contribution in [0.25, 0.3) is 0 Å². The standard InChI is InChI=1S/C13H19N3O2S/c17-12(18)9-3-4-10-11(9)15-13(19-10)14-5-8-16-6-1-2-7-16/h9H,1-8H2,(H,14,15)(H,17,18). The molecule has 0 aromatic carbocycles. The SMILES string of the molecule is O=C(O)C1CCc2sc(NCCN3CCCC3)nc21. The molecule has 0 spiro atoms. The minimum Gasteiger partial charge on any atom is -0.481 e. The lowest BCUT2D eigenvalue weighted by molar-refractivity contribution is -0.138. The zero-order chi connectivity index (χ0) is 13.2. The number of hydrogen-bond donors (Lipinski definition) is 2. The van der Waals surface area contributed by atoms with Crippen molar-refractivity contribution in [2.24, 2.45) is 0 Å². The summed E-state index contributed by atoms with van der Waals surface area (Å²) in [6.07, 6.45) is 4.19. The van der Waals surface area contributed by atoms with Crippen molar-refractivity contribution in [3.63, 3.8) is 0 Å². The van der Waals surface area contributed by atoms with Crippen molar-refractivity contribution >= 4 is 22.4 Å². The lowest BCUT2D eigenvalue weighted by atomic mass is 10.1. The van der Waals surface area contributed by atoms with Crippen molar-refractivity contribution in [2.75, 3.05) is 31.5 Å². The van der Waals surface area contributed by atoms with E-state index in [2.05, 4.69) is 15.2 Å². The molecule has 2 N–H and O–H groups in total. The van der Waals surface area contributed by atoms with Crippen LogP contribution in [0, 0.1) is 0 Å². The van der Waals surface area contributed by atoms with Crippen molar-refractivity contribution in [2.45, 2.75) is 31.6 Å². The van der Waals surface area contributed by atoms with E-state index < -0.39 is 5.97 Å². The second-order valence-corrected chi connectivity index (χ2v) is 6.32. The molecule has 1 aliphatic carbocycles. The number of aliphatic carboxylic acids is 1. The van der Waals surface area contributed by atoms with Gasteiger partial charge in [0.1, 0.15) is 5.92 Å². The Labute approximate surface area is 116 Å². The van der Waals surface area contributed by atoms with Gasteiger partial charge in [-0.25, -0.2) is 4.98 Å². The Balaban J connectivity index is 1.55. The van der Waals surface area contributed by atoms with Crippen LogP contribution in [0.1, 0.15) is 35.8 Å². The van der Waals surface area contributed by atoms with E-state index in [0.717, 1.165) is 35.2 Å². The molecule has 0 saturated carbocycles. The van der Waals surface area contributed by atoms with Crippen LogP contribution in [-0.2, 0) is 11.2 Å². The van der Waals surface area contributed by atoms with Gasteiger partial charge >= 0.3 is 5.97 Å². The quantitative estimate of drug-likeness (QED) is 0.861. The summed E-state index contributed by atoms with van der Waals surface area (Å²) in [6, 6.07) is 0. The lowest BCUT2D eigenvalue weighted by Crippen LogP contribution is -2.25. The topological polar surface area (TPSA) is 65.5 Å². The fraction of sp³-hybridized carbons (Fsp3) is 0.692. The Kier molecular flexibility index (Phi) is 3.70. The summed E-state index contributed by atoms with van der Waals surface area (Å²) in [5.41, 5.74) is 0.793. The van der Waals surface area contributed by atoms with Gasteiger partial charge in [0.15, 0.2) is 5.13 Å². The van der Waals surface area contributed by atoms with Gasteiger partial charge in [-0.2, -0.15) is 0 Å². The van der Waals surface area contributed by atoms with Crippen LogP contribution >= 0.6 is 11.3 Å². The number of hydrogen-bond acceptors (Lipinski definition) is 5. The van der Waals surface area contributed by atoms with E-state index in [1.807, 2.05) is 0 Å². The van der Waals surface area contributed by atoms with Gasteiger partial charge in [0, 0.05) is 18.0 Å². The van der Waals surface area contributed by atoms with E-state index in [0.29, 0.717) is 6.42 Å². The third kappa shape index (κ3) is 2.74. The molecular weight excluding hydrogens is 262 g/mol. The fourth-order valence-electron chi connectivity index (χ4n) is 2.87. The van der Waals surface area contributed by atoms with Gasteiger partial charge in [-0.05, 0) is 38.8 Å². The van der Waals surface area contributed by atoms with Gasteiger partial charge in [0.2, 0.25) is 0 Å². The summed E-state index contributed by atoms with van der Waals surface area (Å²) in [5, 5.41) is 13.3. The second kappa shape index (κ2) is 5.46. The number of nitrogens with zero attached hydrogens (tertiary/aromatic N) is 2. The number of aromatic nitrogens is 1. The Morgan fingerprint density at radius 2 is 2.26 bits per heavy atom. The molecule has 2 aliphatic rings. The molecule has 1 fully saturated rings. The average molecular weight is 281 g/mol.